The van der Waals surface area contributed by atoms with Gasteiger partial charge in [-0.3, -0.25) is 0 Å². The summed E-state index contributed by atoms with van der Waals surface area (Å²) in [5.74, 6) is 0.866. The molecule has 1 aromatic carbocycles. The van der Waals surface area contributed by atoms with Crippen molar-refractivity contribution >= 4 is 22.0 Å². The predicted molar refractivity (Wildman–Crippen MR) is 70.5 cm³/mol. The second kappa shape index (κ2) is 5.02. The molecule has 0 aromatic heterocycles. The van der Waals surface area contributed by atoms with Gasteiger partial charge in [-0.1, -0.05) is 17.7 Å². The SMILES string of the molecule is COc1ccc(C=C2CCC(N)C2)cc1Br. The van der Waals surface area contributed by atoms with Crippen molar-refractivity contribution in [3.63, 3.8) is 0 Å². The number of hydrogen-bond donors (Lipinski definition) is 1. The molecule has 1 saturated carbocycles. The Kier molecular flexibility index (Phi) is 3.66. The summed E-state index contributed by atoms with van der Waals surface area (Å²) in [6, 6.07) is 6.48. The first-order chi connectivity index (χ1) is 7.69. The van der Waals surface area contributed by atoms with Crippen LogP contribution in [0.4, 0.5) is 0 Å². The van der Waals surface area contributed by atoms with E-state index in [-0.39, 0.29) is 0 Å². The van der Waals surface area contributed by atoms with E-state index in [4.69, 9.17) is 10.5 Å². The summed E-state index contributed by atoms with van der Waals surface area (Å²) >= 11 is 3.49. The van der Waals surface area contributed by atoms with E-state index < -0.39 is 0 Å². The average Bonchev–Trinajstić information content (AvgIpc) is 2.64. The van der Waals surface area contributed by atoms with Crippen LogP contribution in [0.2, 0.25) is 0 Å². The van der Waals surface area contributed by atoms with Gasteiger partial charge in [0, 0.05) is 6.04 Å². The molecule has 1 unspecified atom stereocenters. The lowest BCUT2D eigenvalue weighted by Crippen LogP contribution is -2.13. The first kappa shape index (κ1) is 11.7. The molecule has 1 aromatic rings. The Morgan fingerprint density at radius 2 is 2.31 bits per heavy atom. The Hall–Kier alpha value is -0.800. The summed E-state index contributed by atoms with van der Waals surface area (Å²) in [4.78, 5) is 0. The van der Waals surface area contributed by atoms with E-state index in [1.165, 1.54) is 11.1 Å². The number of methoxy groups -OCH3 is 1. The summed E-state index contributed by atoms with van der Waals surface area (Å²) in [7, 11) is 1.67. The number of benzene rings is 1. The van der Waals surface area contributed by atoms with Crippen LogP contribution < -0.4 is 10.5 Å². The summed E-state index contributed by atoms with van der Waals surface area (Å²) in [6.45, 7) is 0. The molecule has 16 heavy (non-hydrogen) atoms. The van der Waals surface area contributed by atoms with Gasteiger partial charge in [0.05, 0.1) is 11.6 Å². The summed E-state index contributed by atoms with van der Waals surface area (Å²) in [5, 5.41) is 0. The van der Waals surface area contributed by atoms with Gasteiger partial charge in [-0.15, -0.1) is 0 Å². The van der Waals surface area contributed by atoms with Crippen LogP contribution in [0.15, 0.2) is 28.2 Å². The third kappa shape index (κ3) is 2.66. The maximum atomic E-state index is 5.88. The molecule has 1 atom stereocenters. The quantitative estimate of drug-likeness (QED) is 0.902. The molecule has 0 spiro atoms. The van der Waals surface area contributed by atoms with Crippen molar-refractivity contribution in [2.45, 2.75) is 25.3 Å². The standard InChI is InChI=1S/C13H16BrNO/c1-16-13-5-3-10(8-12(13)14)6-9-2-4-11(15)7-9/h3,5-6,8,11H,2,4,7,15H2,1H3. The second-order valence-corrected chi connectivity index (χ2v) is 5.05. The molecule has 1 fully saturated rings. The van der Waals surface area contributed by atoms with Gasteiger partial charge < -0.3 is 10.5 Å². The highest BCUT2D eigenvalue weighted by Gasteiger charge is 2.14. The Labute approximate surface area is 105 Å². The lowest BCUT2D eigenvalue weighted by molar-refractivity contribution is 0.412. The molecule has 3 heteroatoms. The number of hydrogen-bond acceptors (Lipinski definition) is 2. The van der Waals surface area contributed by atoms with Crippen molar-refractivity contribution in [3.8, 4) is 5.75 Å². The highest BCUT2D eigenvalue weighted by atomic mass is 79.9. The van der Waals surface area contributed by atoms with Crippen molar-refractivity contribution in [2.75, 3.05) is 7.11 Å². The predicted octanol–water partition coefficient (Wildman–Crippen LogP) is 3.35. The van der Waals surface area contributed by atoms with Gasteiger partial charge in [-0.25, -0.2) is 0 Å². The fraction of sp³-hybridized carbons (Fsp3) is 0.385. The maximum Gasteiger partial charge on any atom is 0.133 e. The minimum atomic E-state index is 0.355. The zero-order valence-corrected chi connectivity index (χ0v) is 11.0. The van der Waals surface area contributed by atoms with Crippen molar-refractivity contribution in [2.24, 2.45) is 5.73 Å². The van der Waals surface area contributed by atoms with E-state index in [9.17, 15) is 0 Å². The first-order valence-corrected chi connectivity index (χ1v) is 6.27. The number of nitrogens with two attached hydrogens (primary N) is 1. The molecular weight excluding hydrogens is 266 g/mol. The third-order valence-electron chi connectivity index (χ3n) is 2.91. The Morgan fingerprint density at radius 3 is 2.88 bits per heavy atom. The van der Waals surface area contributed by atoms with Crippen molar-refractivity contribution in [1.82, 2.24) is 0 Å². The van der Waals surface area contributed by atoms with Gasteiger partial charge in [-0.05, 0) is 52.9 Å². The topological polar surface area (TPSA) is 35.2 Å². The van der Waals surface area contributed by atoms with Crippen molar-refractivity contribution < 1.29 is 4.74 Å². The zero-order valence-electron chi connectivity index (χ0n) is 9.37. The van der Waals surface area contributed by atoms with Crippen LogP contribution in [0.25, 0.3) is 6.08 Å². The maximum absolute atomic E-state index is 5.88. The van der Waals surface area contributed by atoms with Gasteiger partial charge in [-0.2, -0.15) is 0 Å². The first-order valence-electron chi connectivity index (χ1n) is 5.47. The van der Waals surface area contributed by atoms with E-state index in [1.54, 1.807) is 7.11 Å². The van der Waals surface area contributed by atoms with Crippen molar-refractivity contribution in [1.29, 1.82) is 0 Å². The zero-order chi connectivity index (χ0) is 11.5. The number of ether oxygens (including phenoxy) is 1. The molecular formula is C13H16BrNO. The summed E-state index contributed by atoms with van der Waals surface area (Å²) in [5.41, 5.74) is 8.54. The molecule has 2 N–H and O–H groups in total. The Bertz CT molecular complexity index is 414. The van der Waals surface area contributed by atoms with Gasteiger partial charge >= 0.3 is 0 Å². The van der Waals surface area contributed by atoms with Gasteiger partial charge in [0.2, 0.25) is 0 Å². The molecule has 86 valence electrons. The van der Waals surface area contributed by atoms with Crippen LogP contribution >= 0.6 is 15.9 Å². The average molecular weight is 282 g/mol. The Morgan fingerprint density at radius 1 is 1.50 bits per heavy atom. The summed E-state index contributed by atoms with van der Waals surface area (Å²) < 4.78 is 6.19. The van der Waals surface area contributed by atoms with Crippen LogP contribution in [0.5, 0.6) is 5.75 Å². The number of rotatable bonds is 2. The lowest BCUT2D eigenvalue weighted by atomic mass is 10.1. The minimum Gasteiger partial charge on any atom is -0.496 e. The van der Waals surface area contributed by atoms with Crippen LogP contribution in [0.3, 0.4) is 0 Å². The lowest BCUT2D eigenvalue weighted by Gasteiger charge is -2.04. The fourth-order valence-corrected chi connectivity index (χ4v) is 2.61. The largest absolute Gasteiger partial charge is 0.496 e. The van der Waals surface area contributed by atoms with Crippen LogP contribution in [0.1, 0.15) is 24.8 Å². The second-order valence-electron chi connectivity index (χ2n) is 4.20. The smallest absolute Gasteiger partial charge is 0.133 e. The molecule has 0 saturated heterocycles. The summed E-state index contributed by atoms with van der Waals surface area (Å²) in [6.07, 6.45) is 5.51. The van der Waals surface area contributed by atoms with Gasteiger partial charge in [0.25, 0.3) is 0 Å². The van der Waals surface area contributed by atoms with E-state index in [0.717, 1.165) is 29.5 Å². The van der Waals surface area contributed by atoms with E-state index >= 15 is 0 Å². The van der Waals surface area contributed by atoms with E-state index in [0.29, 0.717) is 6.04 Å². The third-order valence-corrected chi connectivity index (χ3v) is 3.53. The fourth-order valence-electron chi connectivity index (χ4n) is 2.05. The van der Waals surface area contributed by atoms with E-state index in [2.05, 4.69) is 34.1 Å². The molecule has 2 nitrogen and oxygen atoms in total. The molecule has 1 aliphatic carbocycles. The molecule has 0 aliphatic heterocycles. The van der Waals surface area contributed by atoms with E-state index in [1.807, 2.05) is 6.07 Å². The Balaban J connectivity index is 2.19. The molecule has 0 radical (unpaired) electrons. The van der Waals surface area contributed by atoms with Gasteiger partial charge in [0.1, 0.15) is 5.75 Å². The molecule has 0 heterocycles. The van der Waals surface area contributed by atoms with Crippen molar-refractivity contribution in [3.05, 3.63) is 33.8 Å². The highest BCUT2D eigenvalue weighted by molar-refractivity contribution is 9.10. The van der Waals surface area contributed by atoms with Gasteiger partial charge in [0.15, 0.2) is 0 Å². The van der Waals surface area contributed by atoms with Crippen LogP contribution in [0, 0.1) is 0 Å². The molecule has 2 rings (SSSR count). The minimum absolute atomic E-state index is 0.355. The molecule has 0 amide bonds. The number of halogens is 1. The van der Waals surface area contributed by atoms with Crippen LogP contribution in [-0.4, -0.2) is 13.2 Å². The normalized spacial score (nSPS) is 22.7. The monoisotopic (exact) mass is 281 g/mol. The highest BCUT2D eigenvalue weighted by Crippen LogP contribution is 2.29. The van der Waals surface area contributed by atoms with Crippen LogP contribution in [-0.2, 0) is 0 Å². The molecule has 1 aliphatic rings. The molecule has 0 bridgehead atoms.